The lowest BCUT2D eigenvalue weighted by atomic mass is 9.98. The largest absolute Gasteiger partial charge is 0.508 e. The summed E-state index contributed by atoms with van der Waals surface area (Å²) in [5.41, 5.74) is 3.83. The van der Waals surface area contributed by atoms with E-state index >= 15 is 0 Å². The van der Waals surface area contributed by atoms with Crippen LogP contribution in [0.2, 0.25) is 0 Å². The minimum atomic E-state index is 0.262. The third-order valence-electron chi connectivity index (χ3n) is 11.9. The number of nitrogens with one attached hydrogen (secondary N) is 1. The first-order valence-electron chi connectivity index (χ1n) is 19.3. The van der Waals surface area contributed by atoms with Crippen LogP contribution in [0.25, 0.3) is 0 Å². The van der Waals surface area contributed by atoms with Gasteiger partial charge >= 0.3 is 0 Å². The standard InChI is InChI=1S/C42H55N5O2S2/c48-39-18-14-32(15-19-39)23-36-26-43-41(50)45(36)29-35-13-8-22-44(35)28-37(24-31-9-6-3-7-10-31)47-30-38(25-33-16-20-40(49)21-17-33)46(42(47)51)27-34-11-4-1-2-5-12-34/h3,6-7,9-10,14-21,34-38,48-49H,1-2,4-5,8,11-13,22-30H2,(H,43,50)/t35?,36-,37-,38-/m0/s1. The molecule has 0 aromatic heterocycles. The number of hydrogen-bond acceptors (Lipinski definition) is 5. The van der Waals surface area contributed by atoms with Crippen LogP contribution < -0.4 is 5.32 Å². The van der Waals surface area contributed by atoms with Crippen LogP contribution in [0, 0.1) is 5.92 Å². The van der Waals surface area contributed by atoms with E-state index in [9.17, 15) is 10.2 Å². The van der Waals surface area contributed by atoms with Gasteiger partial charge in [-0.1, -0.05) is 80.3 Å². The van der Waals surface area contributed by atoms with Crippen molar-refractivity contribution in [3.8, 4) is 11.5 Å². The Balaban J connectivity index is 1.10. The molecular weight excluding hydrogens is 671 g/mol. The third kappa shape index (κ3) is 9.16. The second-order valence-electron chi connectivity index (χ2n) is 15.5. The van der Waals surface area contributed by atoms with Crippen molar-refractivity contribution in [2.24, 2.45) is 5.92 Å². The highest BCUT2D eigenvalue weighted by atomic mass is 32.1. The molecule has 1 saturated carbocycles. The molecule has 7 rings (SSSR count). The third-order valence-corrected chi connectivity index (χ3v) is 12.7. The van der Waals surface area contributed by atoms with Gasteiger partial charge < -0.3 is 30.2 Å². The van der Waals surface area contributed by atoms with Crippen LogP contribution in [-0.4, -0.2) is 103 Å². The molecule has 0 spiro atoms. The summed E-state index contributed by atoms with van der Waals surface area (Å²) in [6.45, 7) is 5.82. The molecule has 272 valence electrons. The van der Waals surface area contributed by atoms with Crippen LogP contribution in [0.4, 0.5) is 0 Å². The summed E-state index contributed by atoms with van der Waals surface area (Å²) in [7, 11) is 0. The summed E-state index contributed by atoms with van der Waals surface area (Å²) in [6.07, 6.45) is 13.1. The van der Waals surface area contributed by atoms with E-state index in [-0.39, 0.29) is 6.04 Å². The molecule has 3 aromatic carbocycles. The van der Waals surface area contributed by atoms with Gasteiger partial charge in [-0.25, -0.2) is 0 Å². The first-order valence-corrected chi connectivity index (χ1v) is 20.2. The van der Waals surface area contributed by atoms with Crippen LogP contribution in [0.3, 0.4) is 0 Å². The van der Waals surface area contributed by atoms with Gasteiger partial charge in [0.1, 0.15) is 11.5 Å². The normalized spacial score (nSPS) is 23.9. The van der Waals surface area contributed by atoms with E-state index in [1.54, 1.807) is 12.1 Å². The summed E-state index contributed by atoms with van der Waals surface area (Å²) >= 11 is 12.4. The van der Waals surface area contributed by atoms with E-state index in [0.717, 1.165) is 68.8 Å². The van der Waals surface area contributed by atoms with Crippen molar-refractivity contribution in [2.45, 2.75) is 94.8 Å². The molecule has 1 unspecified atom stereocenters. The van der Waals surface area contributed by atoms with Gasteiger partial charge in [-0.3, -0.25) is 4.90 Å². The predicted molar refractivity (Wildman–Crippen MR) is 214 cm³/mol. The molecule has 1 aliphatic carbocycles. The van der Waals surface area contributed by atoms with Crippen LogP contribution in [0.15, 0.2) is 78.9 Å². The molecule has 3 N–H and O–H groups in total. The molecule has 51 heavy (non-hydrogen) atoms. The Morgan fingerprint density at radius 2 is 1.31 bits per heavy atom. The molecule has 0 radical (unpaired) electrons. The van der Waals surface area contributed by atoms with Crippen molar-refractivity contribution in [1.82, 2.24) is 24.9 Å². The maximum atomic E-state index is 9.99. The minimum absolute atomic E-state index is 0.262. The number of phenolic OH excluding ortho intramolecular Hbond substituents is 2. The molecule has 3 saturated heterocycles. The number of aromatic hydroxyl groups is 2. The molecule has 7 nitrogen and oxygen atoms in total. The summed E-state index contributed by atoms with van der Waals surface area (Å²) in [5.74, 6) is 1.31. The fraction of sp³-hybridized carbons (Fsp3) is 0.524. The molecule has 3 heterocycles. The van der Waals surface area contributed by atoms with E-state index in [1.807, 2.05) is 24.3 Å². The van der Waals surface area contributed by atoms with Crippen LogP contribution in [0.1, 0.15) is 68.1 Å². The fourth-order valence-corrected chi connectivity index (χ4v) is 9.82. The number of hydrogen-bond donors (Lipinski definition) is 3. The van der Waals surface area contributed by atoms with E-state index in [0.29, 0.717) is 35.5 Å². The monoisotopic (exact) mass is 725 g/mol. The van der Waals surface area contributed by atoms with Gasteiger partial charge in [0.15, 0.2) is 10.2 Å². The average Bonchev–Trinajstić information content (AvgIpc) is 3.73. The van der Waals surface area contributed by atoms with E-state index in [2.05, 4.69) is 67.4 Å². The second kappa shape index (κ2) is 17.0. The molecule has 3 aromatic rings. The van der Waals surface area contributed by atoms with Gasteiger partial charge in [0, 0.05) is 44.8 Å². The molecule has 3 aliphatic heterocycles. The Morgan fingerprint density at radius 1 is 0.667 bits per heavy atom. The minimum Gasteiger partial charge on any atom is -0.508 e. The number of benzene rings is 3. The molecule has 4 aliphatic rings. The van der Waals surface area contributed by atoms with E-state index in [1.165, 1.54) is 68.1 Å². The average molecular weight is 726 g/mol. The summed E-state index contributed by atoms with van der Waals surface area (Å²) in [5, 5.41) is 25.2. The molecule has 0 bridgehead atoms. The zero-order valence-electron chi connectivity index (χ0n) is 29.9. The highest BCUT2D eigenvalue weighted by molar-refractivity contribution is 7.80. The Kier molecular flexibility index (Phi) is 12.0. The predicted octanol–water partition coefficient (Wildman–Crippen LogP) is 6.76. The molecule has 4 atom stereocenters. The molecule has 0 amide bonds. The van der Waals surface area contributed by atoms with Gasteiger partial charge in [-0.05, 0) is 123 Å². The summed E-state index contributed by atoms with van der Waals surface area (Å²) in [4.78, 5) is 10.4. The van der Waals surface area contributed by atoms with Gasteiger partial charge in [0.25, 0.3) is 0 Å². The number of phenols is 2. The van der Waals surface area contributed by atoms with E-state index < -0.39 is 0 Å². The van der Waals surface area contributed by atoms with Crippen molar-refractivity contribution in [3.05, 3.63) is 95.6 Å². The van der Waals surface area contributed by atoms with Crippen LogP contribution in [0.5, 0.6) is 11.5 Å². The topological polar surface area (TPSA) is 65.5 Å². The SMILES string of the molecule is Oc1ccc(C[C@H]2CNC(=S)N2CC2CCCN2C[C@H](Cc2ccccc2)N2C[C@H](Cc3ccc(O)cc3)N(CC3CCCCCC3)C2=S)cc1. The highest BCUT2D eigenvalue weighted by Gasteiger charge is 2.41. The van der Waals surface area contributed by atoms with Crippen molar-refractivity contribution < 1.29 is 10.2 Å². The first-order chi connectivity index (χ1) is 24.9. The van der Waals surface area contributed by atoms with Gasteiger partial charge in [-0.15, -0.1) is 0 Å². The Bertz CT molecular complexity index is 1580. The fourth-order valence-electron chi connectivity index (χ4n) is 9.06. The molecule has 4 fully saturated rings. The molecular formula is C42H55N5O2S2. The van der Waals surface area contributed by atoms with Gasteiger partial charge in [0.05, 0.1) is 12.1 Å². The Labute approximate surface area is 315 Å². The lowest BCUT2D eigenvalue weighted by Crippen LogP contribution is -2.51. The van der Waals surface area contributed by atoms with Crippen LogP contribution >= 0.6 is 24.4 Å². The van der Waals surface area contributed by atoms with Crippen molar-refractivity contribution >= 4 is 34.7 Å². The number of rotatable bonds is 13. The molecule has 9 heteroatoms. The van der Waals surface area contributed by atoms with Gasteiger partial charge in [0.2, 0.25) is 0 Å². The van der Waals surface area contributed by atoms with Crippen molar-refractivity contribution in [1.29, 1.82) is 0 Å². The number of nitrogens with zero attached hydrogens (tertiary/aromatic N) is 4. The van der Waals surface area contributed by atoms with Crippen LogP contribution in [-0.2, 0) is 19.3 Å². The highest BCUT2D eigenvalue weighted by Crippen LogP contribution is 2.31. The zero-order valence-corrected chi connectivity index (χ0v) is 31.5. The Hall–Kier alpha value is -3.40. The second-order valence-corrected chi connectivity index (χ2v) is 16.2. The number of likely N-dealkylation sites (tertiary alicyclic amines) is 1. The first kappa shape index (κ1) is 36.0. The van der Waals surface area contributed by atoms with Crippen molar-refractivity contribution in [2.75, 3.05) is 39.3 Å². The maximum Gasteiger partial charge on any atom is 0.172 e. The smallest absolute Gasteiger partial charge is 0.172 e. The lowest BCUT2D eigenvalue weighted by molar-refractivity contribution is 0.159. The van der Waals surface area contributed by atoms with Crippen molar-refractivity contribution in [3.63, 3.8) is 0 Å². The maximum absolute atomic E-state index is 9.99. The Morgan fingerprint density at radius 3 is 1.98 bits per heavy atom. The lowest BCUT2D eigenvalue weighted by Gasteiger charge is -2.37. The zero-order chi connectivity index (χ0) is 35.2. The quantitative estimate of drug-likeness (QED) is 0.131. The number of thiocarbonyl (C=S) groups is 2. The summed E-state index contributed by atoms with van der Waals surface area (Å²) in [6, 6.07) is 27.7. The summed E-state index contributed by atoms with van der Waals surface area (Å²) < 4.78 is 0. The van der Waals surface area contributed by atoms with Gasteiger partial charge in [-0.2, -0.15) is 0 Å². The van der Waals surface area contributed by atoms with E-state index in [4.69, 9.17) is 24.4 Å².